The number of nitrogens with zero attached hydrogens (tertiary/aromatic N) is 1. The van der Waals surface area contributed by atoms with E-state index in [0.29, 0.717) is 0 Å². The molecule has 0 saturated carbocycles. The topological polar surface area (TPSA) is 15.3 Å². The van der Waals surface area contributed by atoms with Crippen molar-refractivity contribution in [1.29, 1.82) is 0 Å². The molecule has 0 unspecified atom stereocenters. The van der Waals surface area contributed by atoms with Crippen LogP contribution in [-0.2, 0) is 0 Å². The van der Waals surface area contributed by atoms with E-state index in [1.807, 2.05) is 0 Å². The zero-order valence-corrected chi connectivity index (χ0v) is 19.9. The number of aryl methyl sites for hydroxylation is 2. The number of benzene rings is 1. The zero-order chi connectivity index (χ0) is 21.6. The maximum Gasteiger partial charge on any atom is 0.0442 e. The van der Waals surface area contributed by atoms with Gasteiger partial charge in [-0.3, -0.25) is 0 Å². The molecule has 1 aliphatic rings. The Morgan fingerprint density at radius 3 is 2.34 bits per heavy atom. The summed E-state index contributed by atoms with van der Waals surface area (Å²) in [4.78, 5) is 2.55. The van der Waals surface area contributed by atoms with Crippen molar-refractivity contribution >= 4 is 11.4 Å². The normalized spacial score (nSPS) is 18.7. The predicted molar refractivity (Wildman–Crippen MR) is 131 cm³/mol. The van der Waals surface area contributed by atoms with Crippen molar-refractivity contribution < 1.29 is 0 Å². The summed E-state index contributed by atoms with van der Waals surface area (Å²) < 4.78 is 0. The van der Waals surface area contributed by atoms with Gasteiger partial charge in [0.1, 0.15) is 0 Å². The summed E-state index contributed by atoms with van der Waals surface area (Å²) in [5, 5.41) is 3.60. The molecule has 1 aromatic carbocycles. The van der Waals surface area contributed by atoms with Gasteiger partial charge in [-0.15, -0.1) is 0 Å². The second-order valence-corrected chi connectivity index (χ2v) is 9.73. The smallest absolute Gasteiger partial charge is 0.0442 e. The summed E-state index contributed by atoms with van der Waals surface area (Å²) in [6.07, 6.45) is 11.7. The summed E-state index contributed by atoms with van der Waals surface area (Å²) >= 11 is 0. The van der Waals surface area contributed by atoms with Gasteiger partial charge in [0.25, 0.3) is 0 Å². The predicted octanol–water partition coefficient (Wildman–Crippen LogP) is 8.29. The van der Waals surface area contributed by atoms with Gasteiger partial charge in [0.05, 0.1) is 0 Å². The number of rotatable bonds is 6. The molecule has 0 amide bonds. The van der Waals surface area contributed by atoms with Crippen LogP contribution in [0, 0.1) is 19.3 Å². The lowest BCUT2D eigenvalue weighted by molar-refractivity contribution is 0.411. The summed E-state index contributed by atoms with van der Waals surface area (Å²) in [5.74, 6) is 0. The molecule has 0 spiro atoms. The van der Waals surface area contributed by atoms with Crippen molar-refractivity contribution in [2.24, 2.45) is 5.41 Å². The van der Waals surface area contributed by atoms with Crippen LogP contribution in [-0.4, -0.2) is 6.54 Å². The zero-order valence-electron chi connectivity index (χ0n) is 19.9. The van der Waals surface area contributed by atoms with Crippen LogP contribution in [0.3, 0.4) is 0 Å². The highest BCUT2D eigenvalue weighted by Gasteiger charge is 2.19. The van der Waals surface area contributed by atoms with Crippen LogP contribution in [0.1, 0.15) is 84.3 Å². The molecule has 29 heavy (non-hydrogen) atoms. The average Bonchev–Trinajstić information content (AvgIpc) is 2.59. The molecule has 2 nitrogen and oxygen atoms in total. The highest BCUT2D eigenvalue weighted by molar-refractivity contribution is 5.69. The van der Waals surface area contributed by atoms with Crippen LogP contribution < -0.4 is 10.2 Å². The first-order valence-electron chi connectivity index (χ1n) is 11.3. The first-order chi connectivity index (χ1) is 13.7. The second kappa shape index (κ2) is 10.2. The number of allylic oxidation sites excluding steroid dienone is 4. The molecule has 1 heterocycles. The van der Waals surface area contributed by atoms with Crippen LogP contribution in [0.4, 0.5) is 11.4 Å². The number of nitrogens with one attached hydrogen (secondary N) is 1. The first-order valence-corrected chi connectivity index (χ1v) is 11.3. The highest BCUT2D eigenvalue weighted by Crippen LogP contribution is 2.34. The molecule has 0 atom stereocenters. The third kappa shape index (κ3) is 6.52. The molecular weight excluding hydrogens is 352 g/mol. The summed E-state index contributed by atoms with van der Waals surface area (Å²) in [6.45, 7) is 21.0. The van der Waals surface area contributed by atoms with Crippen LogP contribution in [0.25, 0.3) is 0 Å². The van der Waals surface area contributed by atoms with Crippen LogP contribution >= 0.6 is 0 Å². The SMILES string of the molecule is C=C(CC(C)(C)C)Nc1c(C)cc(N2CCCCC/C(CC)=C2/C=C\C)cc1C. The van der Waals surface area contributed by atoms with Crippen molar-refractivity contribution in [3.8, 4) is 0 Å². The lowest BCUT2D eigenvalue weighted by Crippen LogP contribution is -2.26. The van der Waals surface area contributed by atoms with Crippen molar-refractivity contribution in [2.45, 2.75) is 87.0 Å². The van der Waals surface area contributed by atoms with Gasteiger partial charge in [-0.2, -0.15) is 0 Å². The quantitative estimate of drug-likeness (QED) is 0.522. The van der Waals surface area contributed by atoms with Crippen molar-refractivity contribution in [2.75, 3.05) is 16.8 Å². The van der Waals surface area contributed by atoms with E-state index in [1.165, 1.54) is 53.9 Å². The first kappa shape index (κ1) is 23.3. The average molecular weight is 395 g/mol. The summed E-state index contributed by atoms with van der Waals surface area (Å²) in [7, 11) is 0. The van der Waals surface area contributed by atoms with Crippen molar-refractivity contribution in [1.82, 2.24) is 0 Å². The van der Waals surface area contributed by atoms with E-state index in [2.05, 4.69) is 89.5 Å². The Hall–Kier alpha value is -1.96. The molecule has 0 bridgehead atoms. The Bertz CT molecular complexity index is 751. The van der Waals surface area contributed by atoms with Gasteiger partial charge >= 0.3 is 0 Å². The third-order valence-corrected chi connectivity index (χ3v) is 5.64. The van der Waals surface area contributed by atoms with E-state index in [1.54, 1.807) is 5.57 Å². The maximum atomic E-state index is 4.27. The van der Waals surface area contributed by atoms with E-state index in [9.17, 15) is 0 Å². The Balaban J connectivity index is 2.40. The fourth-order valence-electron chi connectivity index (χ4n) is 4.37. The van der Waals surface area contributed by atoms with Gasteiger partial charge in [-0.25, -0.2) is 0 Å². The molecule has 0 aromatic heterocycles. The van der Waals surface area contributed by atoms with Gasteiger partial charge < -0.3 is 10.2 Å². The van der Waals surface area contributed by atoms with E-state index in [-0.39, 0.29) is 5.41 Å². The summed E-state index contributed by atoms with van der Waals surface area (Å²) in [5.41, 5.74) is 9.41. The fraction of sp³-hybridized carbons (Fsp3) is 0.556. The molecule has 2 heteroatoms. The van der Waals surface area contributed by atoms with Crippen LogP contribution in [0.15, 0.2) is 47.8 Å². The molecule has 1 aliphatic heterocycles. The Morgan fingerprint density at radius 2 is 1.79 bits per heavy atom. The van der Waals surface area contributed by atoms with Gasteiger partial charge in [0.2, 0.25) is 0 Å². The Labute approximate surface area is 179 Å². The van der Waals surface area contributed by atoms with E-state index in [4.69, 9.17) is 0 Å². The maximum absolute atomic E-state index is 4.27. The van der Waals surface area contributed by atoms with Gasteiger partial charge in [0, 0.05) is 29.3 Å². The van der Waals surface area contributed by atoms with E-state index >= 15 is 0 Å². The Morgan fingerprint density at radius 1 is 1.14 bits per heavy atom. The second-order valence-electron chi connectivity index (χ2n) is 9.73. The molecule has 0 radical (unpaired) electrons. The van der Waals surface area contributed by atoms with Crippen molar-refractivity contribution in [3.63, 3.8) is 0 Å². The molecule has 0 aliphatic carbocycles. The molecule has 1 aromatic rings. The molecule has 0 fully saturated rings. The molecule has 0 saturated heterocycles. The fourth-order valence-corrected chi connectivity index (χ4v) is 4.37. The lowest BCUT2D eigenvalue weighted by Gasteiger charge is -2.32. The largest absolute Gasteiger partial charge is 0.359 e. The van der Waals surface area contributed by atoms with Gasteiger partial charge in [0.15, 0.2) is 0 Å². The lowest BCUT2D eigenvalue weighted by atomic mass is 9.90. The minimum atomic E-state index is 0.235. The minimum absolute atomic E-state index is 0.235. The molecule has 1 N–H and O–H groups in total. The van der Waals surface area contributed by atoms with E-state index in [0.717, 1.165) is 25.1 Å². The summed E-state index contributed by atoms with van der Waals surface area (Å²) in [6, 6.07) is 4.69. The molecule has 2 rings (SSSR count). The van der Waals surface area contributed by atoms with Crippen LogP contribution in [0.5, 0.6) is 0 Å². The molecular formula is C27H42N2. The monoisotopic (exact) mass is 394 g/mol. The van der Waals surface area contributed by atoms with Crippen LogP contribution in [0.2, 0.25) is 0 Å². The van der Waals surface area contributed by atoms with Crippen molar-refractivity contribution in [3.05, 3.63) is 59.0 Å². The Kier molecular flexibility index (Phi) is 8.19. The van der Waals surface area contributed by atoms with E-state index < -0.39 is 0 Å². The van der Waals surface area contributed by atoms with Gasteiger partial charge in [-0.05, 0) is 93.2 Å². The number of hydrogen-bond acceptors (Lipinski definition) is 2. The minimum Gasteiger partial charge on any atom is -0.359 e. The highest BCUT2D eigenvalue weighted by atomic mass is 15.1. The standard InChI is InChI=1S/C27H42N2/c1-9-14-25-23(10-2)15-12-11-13-16-29(25)24-17-20(3)26(21(4)18-24)28-22(5)19-27(6,7)8/h9,14,17-18,28H,5,10-13,15-16,19H2,1-4,6-8H3/b14-9-,25-23-. The third-order valence-electron chi connectivity index (χ3n) is 5.64. The van der Waals surface area contributed by atoms with Gasteiger partial charge in [-0.1, -0.05) is 46.8 Å². The number of hydrogen-bond donors (Lipinski definition) is 1. The molecule has 160 valence electrons. The number of anilines is 2.